The standard InChI is InChI=1S/C12H19N3O3S/c1-9-7-15(8-10(2)18-9)19(16,17)11-4-5-14-12(6-11)13-3/h4-6,9-10H,7-8H2,1-3H3,(H,13,14)/t9-,10+. The van der Waals surface area contributed by atoms with Crippen LogP contribution in [0.5, 0.6) is 0 Å². The summed E-state index contributed by atoms with van der Waals surface area (Å²) in [5.41, 5.74) is 0. The molecule has 19 heavy (non-hydrogen) atoms. The lowest BCUT2D eigenvalue weighted by atomic mass is 10.3. The molecule has 2 heterocycles. The maximum atomic E-state index is 12.6. The van der Waals surface area contributed by atoms with Crippen molar-refractivity contribution in [1.29, 1.82) is 0 Å². The Morgan fingerprint density at radius 2 is 2.00 bits per heavy atom. The third-order valence-electron chi connectivity index (χ3n) is 3.01. The fourth-order valence-corrected chi connectivity index (χ4v) is 3.79. The van der Waals surface area contributed by atoms with Crippen molar-refractivity contribution >= 4 is 15.8 Å². The lowest BCUT2D eigenvalue weighted by Gasteiger charge is -2.34. The Balaban J connectivity index is 2.30. The number of nitrogens with one attached hydrogen (secondary N) is 1. The van der Waals surface area contributed by atoms with Crippen molar-refractivity contribution in [3.8, 4) is 0 Å². The molecule has 0 amide bonds. The van der Waals surface area contributed by atoms with Crippen LogP contribution < -0.4 is 5.32 Å². The van der Waals surface area contributed by atoms with Gasteiger partial charge in [-0.05, 0) is 19.9 Å². The van der Waals surface area contributed by atoms with Gasteiger partial charge in [-0.25, -0.2) is 13.4 Å². The van der Waals surface area contributed by atoms with Crippen molar-refractivity contribution in [3.63, 3.8) is 0 Å². The number of morpholine rings is 1. The average Bonchev–Trinajstić information content (AvgIpc) is 2.37. The maximum Gasteiger partial charge on any atom is 0.243 e. The van der Waals surface area contributed by atoms with Gasteiger partial charge in [0.15, 0.2) is 0 Å². The summed E-state index contributed by atoms with van der Waals surface area (Å²) in [5.74, 6) is 0.537. The second kappa shape index (κ2) is 5.44. The van der Waals surface area contributed by atoms with Crippen LogP contribution in [-0.4, -0.2) is 50.1 Å². The Morgan fingerprint density at radius 1 is 1.37 bits per heavy atom. The number of hydrogen-bond donors (Lipinski definition) is 1. The van der Waals surface area contributed by atoms with Crippen LogP contribution in [0.1, 0.15) is 13.8 Å². The largest absolute Gasteiger partial charge is 0.373 e. The van der Waals surface area contributed by atoms with E-state index in [1.165, 1.54) is 16.6 Å². The molecule has 2 rings (SSSR count). The zero-order valence-electron chi connectivity index (χ0n) is 11.3. The van der Waals surface area contributed by atoms with Crippen LogP contribution in [0.25, 0.3) is 0 Å². The molecule has 1 aromatic rings. The molecule has 1 aromatic heterocycles. The molecule has 0 aromatic carbocycles. The van der Waals surface area contributed by atoms with E-state index in [2.05, 4.69) is 10.3 Å². The second-order valence-electron chi connectivity index (χ2n) is 4.71. The zero-order chi connectivity index (χ0) is 14.0. The van der Waals surface area contributed by atoms with E-state index < -0.39 is 10.0 Å². The molecule has 0 unspecified atom stereocenters. The van der Waals surface area contributed by atoms with Gasteiger partial charge in [-0.3, -0.25) is 0 Å². The number of sulfonamides is 1. The van der Waals surface area contributed by atoms with Crippen LogP contribution in [-0.2, 0) is 14.8 Å². The predicted molar refractivity (Wildman–Crippen MR) is 72.6 cm³/mol. The highest BCUT2D eigenvalue weighted by Gasteiger charge is 2.32. The molecule has 0 radical (unpaired) electrons. The highest BCUT2D eigenvalue weighted by Crippen LogP contribution is 2.22. The number of aromatic nitrogens is 1. The van der Waals surface area contributed by atoms with E-state index in [-0.39, 0.29) is 17.1 Å². The second-order valence-corrected chi connectivity index (χ2v) is 6.64. The van der Waals surface area contributed by atoms with Gasteiger partial charge in [-0.1, -0.05) is 0 Å². The van der Waals surface area contributed by atoms with Gasteiger partial charge in [0, 0.05) is 32.4 Å². The van der Waals surface area contributed by atoms with Gasteiger partial charge in [-0.2, -0.15) is 4.31 Å². The molecule has 0 saturated carbocycles. The lowest BCUT2D eigenvalue weighted by Crippen LogP contribution is -2.48. The maximum absolute atomic E-state index is 12.6. The average molecular weight is 285 g/mol. The van der Waals surface area contributed by atoms with Crippen LogP contribution >= 0.6 is 0 Å². The molecule has 106 valence electrons. The van der Waals surface area contributed by atoms with Crippen molar-refractivity contribution in [3.05, 3.63) is 18.3 Å². The van der Waals surface area contributed by atoms with Crippen LogP contribution in [0, 0.1) is 0 Å². The molecule has 1 aliphatic rings. The molecule has 0 spiro atoms. The fourth-order valence-electron chi connectivity index (χ4n) is 2.18. The summed E-state index contributed by atoms with van der Waals surface area (Å²) in [7, 11) is -1.78. The van der Waals surface area contributed by atoms with E-state index in [1.54, 1.807) is 13.1 Å². The molecular weight excluding hydrogens is 266 g/mol. The van der Waals surface area contributed by atoms with E-state index in [4.69, 9.17) is 4.74 Å². The number of ether oxygens (including phenoxy) is 1. The number of hydrogen-bond acceptors (Lipinski definition) is 5. The van der Waals surface area contributed by atoms with Crippen molar-refractivity contribution in [2.45, 2.75) is 31.0 Å². The Hall–Kier alpha value is -1.18. The predicted octanol–water partition coefficient (Wildman–Crippen LogP) is 0.921. The Kier molecular flexibility index (Phi) is 4.07. The summed E-state index contributed by atoms with van der Waals surface area (Å²) in [4.78, 5) is 4.29. The van der Waals surface area contributed by atoms with Crippen molar-refractivity contribution in [2.24, 2.45) is 0 Å². The SMILES string of the molecule is CNc1cc(S(=O)(=O)N2C[C@@H](C)O[C@@H](C)C2)ccn1. The molecule has 2 atom stereocenters. The number of nitrogens with zero attached hydrogens (tertiary/aromatic N) is 2. The molecule has 1 aliphatic heterocycles. The van der Waals surface area contributed by atoms with Gasteiger partial charge in [0.2, 0.25) is 10.0 Å². The molecule has 6 nitrogen and oxygen atoms in total. The Labute approximate surface area is 113 Å². The summed E-state index contributed by atoms with van der Waals surface area (Å²) in [6, 6.07) is 3.06. The van der Waals surface area contributed by atoms with Crippen LogP contribution in [0.3, 0.4) is 0 Å². The summed E-state index contributed by atoms with van der Waals surface area (Å²) >= 11 is 0. The Bertz CT molecular complexity index is 537. The minimum atomic E-state index is -3.49. The van der Waals surface area contributed by atoms with Crippen LogP contribution in [0.2, 0.25) is 0 Å². The first-order chi connectivity index (χ1) is 8.93. The highest BCUT2D eigenvalue weighted by atomic mass is 32.2. The van der Waals surface area contributed by atoms with Crippen LogP contribution in [0.4, 0.5) is 5.82 Å². The molecule has 7 heteroatoms. The van der Waals surface area contributed by atoms with Gasteiger partial charge in [0.05, 0.1) is 17.1 Å². The Morgan fingerprint density at radius 3 is 2.58 bits per heavy atom. The first-order valence-corrected chi connectivity index (χ1v) is 7.67. The molecule has 0 aliphatic carbocycles. The van der Waals surface area contributed by atoms with Crippen molar-refractivity contribution in [2.75, 3.05) is 25.5 Å². The van der Waals surface area contributed by atoms with E-state index >= 15 is 0 Å². The van der Waals surface area contributed by atoms with E-state index in [0.717, 1.165) is 0 Å². The monoisotopic (exact) mass is 285 g/mol. The smallest absolute Gasteiger partial charge is 0.243 e. The van der Waals surface area contributed by atoms with Crippen LogP contribution in [0.15, 0.2) is 23.2 Å². The third kappa shape index (κ3) is 3.05. The summed E-state index contributed by atoms with van der Waals surface area (Å²) in [6.07, 6.45) is 1.31. The van der Waals surface area contributed by atoms with E-state index in [0.29, 0.717) is 18.9 Å². The fraction of sp³-hybridized carbons (Fsp3) is 0.583. The molecule has 0 bridgehead atoms. The molecule has 1 saturated heterocycles. The summed E-state index contributed by atoms with van der Waals surface area (Å²) < 4.78 is 32.2. The van der Waals surface area contributed by atoms with Gasteiger partial charge in [0.1, 0.15) is 5.82 Å². The minimum absolute atomic E-state index is 0.0934. The van der Waals surface area contributed by atoms with Gasteiger partial charge >= 0.3 is 0 Å². The first kappa shape index (κ1) is 14.2. The summed E-state index contributed by atoms with van der Waals surface area (Å²) in [5, 5.41) is 2.84. The number of pyridine rings is 1. The van der Waals surface area contributed by atoms with Crippen molar-refractivity contribution in [1.82, 2.24) is 9.29 Å². The minimum Gasteiger partial charge on any atom is -0.373 e. The molecular formula is C12H19N3O3S. The third-order valence-corrected chi connectivity index (χ3v) is 4.84. The quantitative estimate of drug-likeness (QED) is 0.894. The topological polar surface area (TPSA) is 71.5 Å². The van der Waals surface area contributed by atoms with E-state index in [1.807, 2.05) is 13.8 Å². The van der Waals surface area contributed by atoms with Gasteiger partial charge in [-0.15, -0.1) is 0 Å². The zero-order valence-corrected chi connectivity index (χ0v) is 12.1. The normalized spacial score (nSPS) is 25.2. The van der Waals surface area contributed by atoms with Crippen molar-refractivity contribution < 1.29 is 13.2 Å². The lowest BCUT2D eigenvalue weighted by molar-refractivity contribution is -0.0440. The summed E-state index contributed by atoms with van der Waals surface area (Å²) in [6.45, 7) is 4.52. The van der Waals surface area contributed by atoms with Gasteiger partial charge in [0.25, 0.3) is 0 Å². The molecule has 1 N–H and O–H groups in total. The first-order valence-electron chi connectivity index (χ1n) is 6.23. The van der Waals surface area contributed by atoms with Gasteiger partial charge < -0.3 is 10.1 Å². The van der Waals surface area contributed by atoms with E-state index in [9.17, 15) is 8.42 Å². The number of rotatable bonds is 3. The number of anilines is 1. The highest BCUT2D eigenvalue weighted by molar-refractivity contribution is 7.89. The molecule has 1 fully saturated rings.